The molecule has 1 atom stereocenters. The second kappa shape index (κ2) is 8.88. The number of likely N-dealkylation sites (tertiary alicyclic amines) is 1. The first kappa shape index (κ1) is 19.7. The van der Waals surface area contributed by atoms with Crippen LogP contribution in [-0.4, -0.2) is 63.6 Å². The van der Waals surface area contributed by atoms with Crippen LogP contribution in [0, 0.1) is 5.92 Å². The molecule has 5 heterocycles. The van der Waals surface area contributed by atoms with E-state index in [1.165, 1.54) is 38.9 Å². The van der Waals surface area contributed by atoms with Crippen LogP contribution in [-0.2, 0) is 0 Å². The van der Waals surface area contributed by atoms with Gasteiger partial charge in [-0.2, -0.15) is 0 Å². The average Bonchev–Trinajstić information content (AvgIpc) is 3.41. The Morgan fingerprint density at radius 3 is 3.00 bits per heavy atom. The summed E-state index contributed by atoms with van der Waals surface area (Å²) < 4.78 is 0. The summed E-state index contributed by atoms with van der Waals surface area (Å²) in [4.78, 5) is 19.3. The molecule has 0 aliphatic carbocycles. The predicted octanol–water partition coefficient (Wildman–Crippen LogP) is 3.55. The van der Waals surface area contributed by atoms with Gasteiger partial charge >= 0.3 is 0 Å². The van der Waals surface area contributed by atoms with Crippen LogP contribution in [0.1, 0.15) is 25.7 Å². The second-order valence-electron chi connectivity index (χ2n) is 8.40. The van der Waals surface area contributed by atoms with Gasteiger partial charge in [-0.1, -0.05) is 11.6 Å². The Morgan fingerprint density at radius 1 is 1.20 bits per heavy atom. The fourth-order valence-corrected chi connectivity index (χ4v) is 4.84. The van der Waals surface area contributed by atoms with E-state index in [9.17, 15) is 0 Å². The molecule has 0 bridgehead atoms. The Bertz CT molecular complexity index is 998. The average molecular weight is 426 g/mol. The third kappa shape index (κ3) is 4.29. The third-order valence-electron chi connectivity index (χ3n) is 6.37. The standard InChI is InChI=1S/C22H28ClN7/c23-19-13-27-22(29-20(19)18-12-26-21-17(18)2-1-7-25-21)28-16-6-11-30(14-16)10-5-15-3-8-24-9-4-15/h1-2,7,12-13,15-16,24H,3-6,8-11,14H2,(H,25,26)(H,27,28,29)/t16-/m1/s1. The van der Waals surface area contributed by atoms with Crippen molar-refractivity contribution in [2.75, 3.05) is 38.0 Å². The smallest absolute Gasteiger partial charge is 0.223 e. The molecule has 5 rings (SSSR count). The summed E-state index contributed by atoms with van der Waals surface area (Å²) in [5.41, 5.74) is 2.51. The lowest BCUT2D eigenvalue weighted by molar-refractivity contribution is 0.271. The molecule has 3 N–H and O–H groups in total. The lowest BCUT2D eigenvalue weighted by Crippen LogP contribution is -2.32. The molecule has 0 amide bonds. The summed E-state index contributed by atoms with van der Waals surface area (Å²) in [5.74, 6) is 1.52. The number of aromatic nitrogens is 4. The number of hydrogen-bond donors (Lipinski definition) is 3. The molecule has 158 valence electrons. The van der Waals surface area contributed by atoms with E-state index in [0.717, 1.165) is 47.7 Å². The van der Waals surface area contributed by atoms with Crippen molar-refractivity contribution in [2.24, 2.45) is 5.92 Å². The van der Waals surface area contributed by atoms with E-state index in [1.807, 2.05) is 18.3 Å². The van der Waals surface area contributed by atoms with Gasteiger partial charge < -0.3 is 20.5 Å². The first-order valence-corrected chi connectivity index (χ1v) is 11.3. The van der Waals surface area contributed by atoms with Crippen LogP contribution in [0.5, 0.6) is 0 Å². The molecular weight excluding hydrogens is 398 g/mol. The van der Waals surface area contributed by atoms with Gasteiger partial charge in [0.2, 0.25) is 5.95 Å². The highest BCUT2D eigenvalue weighted by molar-refractivity contribution is 6.33. The van der Waals surface area contributed by atoms with Crippen molar-refractivity contribution in [2.45, 2.75) is 31.7 Å². The zero-order valence-corrected chi connectivity index (χ0v) is 17.8. The molecular formula is C22H28ClN7. The lowest BCUT2D eigenvalue weighted by atomic mass is 9.94. The van der Waals surface area contributed by atoms with Crippen molar-refractivity contribution in [3.05, 3.63) is 35.7 Å². The van der Waals surface area contributed by atoms with E-state index in [-0.39, 0.29) is 0 Å². The van der Waals surface area contributed by atoms with Gasteiger partial charge in [0.1, 0.15) is 5.65 Å². The van der Waals surface area contributed by atoms with Crippen LogP contribution in [0.15, 0.2) is 30.7 Å². The molecule has 0 unspecified atom stereocenters. The first-order valence-electron chi connectivity index (χ1n) is 10.9. The van der Waals surface area contributed by atoms with Crippen molar-refractivity contribution in [1.29, 1.82) is 0 Å². The minimum Gasteiger partial charge on any atom is -0.350 e. The fraction of sp³-hybridized carbons (Fsp3) is 0.500. The van der Waals surface area contributed by atoms with E-state index in [0.29, 0.717) is 17.0 Å². The number of anilines is 1. The molecule has 7 nitrogen and oxygen atoms in total. The van der Waals surface area contributed by atoms with Crippen molar-refractivity contribution < 1.29 is 0 Å². The minimum atomic E-state index is 0.372. The number of pyridine rings is 1. The summed E-state index contributed by atoms with van der Waals surface area (Å²) in [5, 5.41) is 8.53. The highest BCUT2D eigenvalue weighted by Gasteiger charge is 2.24. The van der Waals surface area contributed by atoms with Gasteiger partial charge in [-0.3, -0.25) is 0 Å². The van der Waals surface area contributed by atoms with E-state index in [4.69, 9.17) is 16.6 Å². The fourth-order valence-electron chi connectivity index (χ4n) is 4.65. The highest BCUT2D eigenvalue weighted by Crippen LogP contribution is 2.32. The van der Waals surface area contributed by atoms with Crippen molar-refractivity contribution in [3.8, 4) is 11.3 Å². The number of fused-ring (bicyclic) bond motifs is 1. The Kier molecular flexibility index (Phi) is 5.84. The molecule has 2 fully saturated rings. The number of nitrogens with one attached hydrogen (secondary N) is 3. The molecule has 2 aliphatic rings. The number of rotatable bonds is 6. The van der Waals surface area contributed by atoms with Gasteiger partial charge in [-0.15, -0.1) is 0 Å². The SMILES string of the molecule is Clc1cnc(N[C@@H]2CCN(CCC3CCNCC3)C2)nc1-c1c[nH]c2ncccc12. The molecule has 3 aromatic rings. The number of hydrogen-bond acceptors (Lipinski definition) is 6. The molecule has 8 heteroatoms. The Balaban J connectivity index is 1.23. The largest absolute Gasteiger partial charge is 0.350 e. The first-order chi connectivity index (χ1) is 14.8. The van der Waals surface area contributed by atoms with Gasteiger partial charge in [0.15, 0.2) is 0 Å². The van der Waals surface area contributed by atoms with Gasteiger partial charge in [-0.05, 0) is 63.4 Å². The van der Waals surface area contributed by atoms with Crippen LogP contribution in [0.3, 0.4) is 0 Å². The zero-order chi connectivity index (χ0) is 20.3. The molecule has 30 heavy (non-hydrogen) atoms. The van der Waals surface area contributed by atoms with Crippen LogP contribution >= 0.6 is 11.6 Å². The number of aromatic amines is 1. The Labute approximate surface area is 181 Å². The topological polar surface area (TPSA) is 81.8 Å². The molecule has 0 radical (unpaired) electrons. The molecule has 0 aromatic carbocycles. The molecule has 3 aromatic heterocycles. The predicted molar refractivity (Wildman–Crippen MR) is 121 cm³/mol. The summed E-state index contributed by atoms with van der Waals surface area (Å²) in [6.45, 7) is 5.73. The zero-order valence-electron chi connectivity index (χ0n) is 17.1. The van der Waals surface area contributed by atoms with E-state index in [1.54, 1.807) is 12.4 Å². The summed E-state index contributed by atoms with van der Waals surface area (Å²) in [7, 11) is 0. The molecule has 0 spiro atoms. The summed E-state index contributed by atoms with van der Waals surface area (Å²) >= 11 is 6.44. The number of piperidine rings is 1. The van der Waals surface area contributed by atoms with Crippen LogP contribution < -0.4 is 10.6 Å². The molecule has 2 aliphatic heterocycles. The Morgan fingerprint density at radius 2 is 2.10 bits per heavy atom. The van der Waals surface area contributed by atoms with Crippen molar-refractivity contribution in [3.63, 3.8) is 0 Å². The molecule has 2 saturated heterocycles. The van der Waals surface area contributed by atoms with Gasteiger partial charge in [0, 0.05) is 42.5 Å². The molecule has 0 saturated carbocycles. The second-order valence-corrected chi connectivity index (χ2v) is 8.81. The van der Waals surface area contributed by atoms with Crippen LogP contribution in [0.4, 0.5) is 5.95 Å². The quantitative estimate of drug-likeness (QED) is 0.560. The van der Waals surface area contributed by atoms with Crippen molar-refractivity contribution in [1.82, 2.24) is 30.2 Å². The normalized spacial score (nSPS) is 20.8. The Hall–Kier alpha value is -2.22. The van der Waals surface area contributed by atoms with Gasteiger partial charge in [0.05, 0.1) is 16.9 Å². The van der Waals surface area contributed by atoms with E-state index < -0.39 is 0 Å². The number of halogens is 1. The summed E-state index contributed by atoms with van der Waals surface area (Å²) in [6.07, 6.45) is 10.4. The number of nitrogens with zero attached hydrogens (tertiary/aromatic N) is 4. The monoisotopic (exact) mass is 425 g/mol. The van der Waals surface area contributed by atoms with Gasteiger partial charge in [-0.25, -0.2) is 15.0 Å². The third-order valence-corrected chi connectivity index (χ3v) is 6.64. The summed E-state index contributed by atoms with van der Waals surface area (Å²) in [6, 6.07) is 4.32. The number of H-pyrrole nitrogens is 1. The maximum Gasteiger partial charge on any atom is 0.223 e. The lowest BCUT2D eigenvalue weighted by Gasteiger charge is -2.25. The van der Waals surface area contributed by atoms with E-state index in [2.05, 4.69) is 30.5 Å². The highest BCUT2D eigenvalue weighted by atomic mass is 35.5. The maximum atomic E-state index is 6.44. The minimum absolute atomic E-state index is 0.372. The van der Waals surface area contributed by atoms with Crippen LogP contribution in [0.25, 0.3) is 22.3 Å². The maximum absolute atomic E-state index is 6.44. The van der Waals surface area contributed by atoms with Gasteiger partial charge in [0.25, 0.3) is 0 Å². The van der Waals surface area contributed by atoms with E-state index >= 15 is 0 Å². The van der Waals surface area contributed by atoms with Crippen LogP contribution in [0.2, 0.25) is 5.02 Å². The van der Waals surface area contributed by atoms with Crippen molar-refractivity contribution >= 4 is 28.6 Å².